The number of hydrogen-bond acceptors (Lipinski definition) is 4. The Bertz CT molecular complexity index is 440. The van der Waals surface area contributed by atoms with Crippen molar-refractivity contribution in [3.8, 4) is 0 Å². The van der Waals surface area contributed by atoms with Gasteiger partial charge in [-0.1, -0.05) is 12.1 Å². The van der Waals surface area contributed by atoms with Gasteiger partial charge in [-0.05, 0) is 30.7 Å². The Morgan fingerprint density at radius 3 is 2.68 bits per heavy atom. The van der Waals surface area contributed by atoms with Crippen LogP contribution in [0.5, 0.6) is 0 Å². The molecule has 1 aromatic carbocycles. The molecule has 0 atom stereocenters. The third kappa shape index (κ3) is 7.26. The number of thioether (sulfide) groups is 1. The zero-order chi connectivity index (χ0) is 14.1. The summed E-state index contributed by atoms with van der Waals surface area (Å²) in [6.45, 7) is 0. The number of para-hydroxylation sites is 2. The highest BCUT2D eigenvalue weighted by molar-refractivity contribution is 8.00. The van der Waals surface area contributed by atoms with E-state index in [1.807, 2.05) is 12.1 Å². The minimum atomic E-state index is -0.0231. The first-order chi connectivity index (χ1) is 9.09. The van der Waals surface area contributed by atoms with Gasteiger partial charge in [0.15, 0.2) is 0 Å². The summed E-state index contributed by atoms with van der Waals surface area (Å²) in [5.74, 6) is 1.41. The number of carbonyl (C=O) groups is 2. The van der Waals surface area contributed by atoms with Crippen LogP contribution in [0.4, 0.5) is 11.4 Å². The van der Waals surface area contributed by atoms with Gasteiger partial charge in [0, 0.05) is 16.8 Å². The van der Waals surface area contributed by atoms with Crippen molar-refractivity contribution in [1.29, 1.82) is 0 Å². The van der Waals surface area contributed by atoms with Gasteiger partial charge in [-0.15, -0.1) is 0 Å². The molecule has 6 heteroatoms. The molecule has 2 radical (unpaired) electrons. The van der Waals surface area contributed by atoms with Gasteiger partial charge in [-0.3, -0.25) is 4.79 Å². The molecule has 0 bridgehead atoms. The molecule has 0 spiro atoms. The van der Waals surface area contributed by atoms with Gasteiger partial charge in [-0.2, -0.15) is 11.8 Å². The van der Waals surface area contributed by atoms with E-state index in [-0.39, 0.29) is 10.6 Å². The molecule has 0 saturated carbocycles. The number of nitrogens with two attached hydrogens (primary N) is 1. The third-order valence-corrected chi connectivity index (χ3v) is 3.99. The van der Waals surface area contributed by atoms with Crippen molar-refractivity contribution in [3.05, 3.63) is 24.3 Å². The predicted molar refractivity (Wildman–Crippen MR) is 81.4 cm³/mol. The molecule has 3 N–H and O–H groups in total. The third-order valence-electron chi connectivity index (χ3n) is 2.42. The molecule has 0 aromatic heterocycles. The Morgan fingerprint density at radius 1 is 1.26 bits per heavy atom. The number of rotatable bonds is 8. The van der Waals surface area contributed by atoms with Crippen LogP contribution in [0.3, 0.4) is 0 Å². The number of anilines is 2. The standard InChI is InChI=1S/C13H17N2O2S.Al/c14-11-5-1-2-6-12(11)15-13(17)7-3-4-9-18-10-8-16;/h1-2,5-6H,3-4,7,9-10,14H2,(H,15,17);. The zero-order valence-electron chi connectivity index (χ0n) is 10.7. The lowest BCUT2D eigenvalue weighted by molar-refractivity contribution is -0.116. The summed E-state index contributed by atoms with van der Waals surface area (Å²) in [4.78, 5) is 22.4. The average molecular weight is 292 g/mol. The number of nitrogens with one attached hydrogen (secondary N) is 1. The maximum Gasteiger partial charge on any atom is 0.243 e. The van der Waals surface area contributed by atoms with Crippen LogP contribution in [0, 0.1) is 0 Å². The van der Waals surface area contributed by atoms with Crippen LogP contribution in [-0.4, -0.2) is 38.3 Å². The summed E-state index contributed by atoms with van der Waals surface area (Å²) in [5.41, 5.74) is 6.98. The van der Waals surface area contributed by atoms with E-state index in [0.29, 0.717) is 23.5 Å². The lowest BCUT2D eigenvalue weighted by atomic mass is 10.2. The van der Waals surface area contributed by atoms with Crippen molar-refractivity contribution in [3.63, 3.8) is 0 Å². The monoisotopic (exact) mass is 292 g/mol. The fourth-order valence-electron chi connectivity index (χ4n) is 1.49. The highest BCUT2D eigenvalue weighted by atomic mass is 32.2. The topological polar surface area (TPSA) is 72.2 Å². The maximum absolute atomic E-state index is 11.7. The fraction of sp³-hybridized carbons (Fsp3) is 0.385. The van der Waals surface area contributed by atoms with Crippen molar-refractivity contribution in [1.82, 2.24) is 0 Å². The zero-order valence-corrected chi connectivity index (χ0v) is 12.7. The van der Waals surface area contributed by atoms with Crippen LogP contribution < -0.4 is 11.1 Å². The van der Waals surface area contributed by atoms with Crippen molar-refractivity contribution < 1.29 is 9.59 Å². The smallest absolute Gasteiger partial charge is 0.243 e. The molecule has 0 heterocycles. The minimum Gasteiger partial charge on any atom is -0.397 e. The Kier molecular flexibility index (Phi) is 7.65. The van der Waals surface area contributed by atoms with E-state index in [0.717, 1.165) is 18.6 Å². The van der Waals surface area contributed by atoms with E-state index >= 15 is 0 Å². The largest absolute Gasteiger partial charge is 0.397 e. The first-order valence-corrected chi connectivity index (χ1v) is 7.83. The Hall–Kier alpha value is -0.958. The summed E-state index contributed by atoms with van der Waals surface area (Å²) < 4.78 is 0.113. The second kappa shape index (κ2) is 9.03. The SMILES string of the molecule is Nc1ccccc1NC(=O)CCCCSC[C](=O)[Al]. The van der Waals surface area contributed by atoms with E-state index < -0.39 is 0 Å². The molecule has 1 amide bonds. The molecule has 0 fully saturated rings. The first-order valence-electron chi connectivity index (χ1n) is 6.10. The molecule has 1 aromatic rings. The van der Waals surface area contributed by atoms with E-state index in [1.54, 1.807) is 23.9 Å². The Balaban J connectivity index is 2.15. The van der Waals surface area contributed by atoms with Gasteiger partial charge < -0.3 is 15.8 Å². The summed E-state index contributed by atoms with van der Waals surface area (Å²) in [6, 6.07) is 7.21. The molecule has 4 nitrogen and oxygen atoms in total. The number of benzene rings is 1. The Labute approximate surface area is 125 Å². The van der Waals surface area contributed by atoms with Crippen LogP contribution in [0.15, 0.2) is 24.3 Å². The molecule has 0 aliphatic rings. The maximum atomic E-state index is 11.7. The van der Waals surface area contributed by atoms with Crippen LogP contribution in [0.1, 0.15) is 19.3 Å². The van der Waals surface area contributed by atoms with Crippen LogP contribution in [0.2, 0.25) is 0 Å². The quantitative estimate of drug-likeness (QED) is 0.435. The molecule has 1 rings (SSSR count). The van der Waals surface area contributed by atoms with Crippen molar-refractivity contribution in [2.24, 2.45) is 0 Å². The second-order valence-corrected chi connectivity index (χ2v) is 5.86. The van der Waals surface area contributed by atoms with Crippen molar-refractivity contribution in [2.45, 2.75) is 19.3 Å². The first kappa shape index (κ1) is 16.1. The van der Waals surface area contributed by atoms with Gasteiger partial charge in [-0.25, -0.2) is 0 Å². The number of nitrogen functional groups attached to an aromatic ring is 1. The summed E-state index contributed by atoms with van der Waals surface area (Å²) >= 11 is 3.76. The number of carbonyl (C=O) groups excluding carboxylic acids is 2. The highest BCUT2D eigenvalue weighted by Gasteiger charge is 2.04. The minimum absolute atomic E-state index is 0.0231. The molecular weight excluding hydrogens is 275 g/mol. The molecule has 100 valence electrons. The van der Waals surface area contributed by atoms with E-state index in [1.165, 1.54) is 0 Å². The average Bonchev–Trinajstić information content (AvgIpc) is 2.36. The van der Waals surface area contributed by atoms with Crippen LogP contribution >= 0.6 is 11.8 Å². The van der Waals surface area contributed by atoms with Gasteiger partial charge >= 0.3 is 0 Å². The lowest BCUT2D eigenvalue weighted by Crippen LogP contribution is -2.12. The normalized spacial score (nSPS) is 10.1. The lowest BCUT2D eigenvalue weighted by Gasteiger charge is -2.07. The number of amides is 1. The van der Waals surface area contributed by atoms with E-state index in [9.17, 15) is 9.59 Å². The molecule has 0 saturated heterocycles. The predicted octanol–water partition coefficient (Wildman–Crippen LogP) is 1.81. The molecule has 19 heavy (non-hydrogen) atoms. The molecule has 0 aliphatic heterocycles. The summed E-state index contributed by atoms with van der Waals surface area (Å²) in [6.07, 6.45) is 2.22. The van der Waals surface area contributed by atoms with Crippen molar-refractivity contribution in [2.75, 3.05) is 22.6 Å². The van der Waals surface area contributed by atoms with Gasteiger partial charge in [0.05, 0.1) is 11.4 Å². The molecule has 0 unspecified atom stereocenters. The Morgan fingerprint density at radius 2 is 2.00 bits per heavy atom. The summed E-state index contributed by atoms with van der Waals surface area (Å²) in [7, 11) is 0. The van der Waals surface area contributed by atoms with Crippen LogP contribution in [0.25, 0.3) is 0 Å². The van der Waals surface area contributed by atoms with E-state index in [4.69, 9.17) is 5.73 Å². The van der Waals surface area contributed by atoms with Gasteiger partial charge in [0.2, 0.25) is 22.2 Å². The van der Waals surface area contributed by atoms with E-state index in [2.05, 4.69) is 21.6 Å². The highest BCUT2D eigenvalue weighted by Crippen LogP contribution is 2.17. The summed E-state index contributed by atoms with van der Waals surface area (Å²) in [5, 5.41) is 2.79. The molecule has 0 aliphatic carbocycles. The number of unbranched alkanes of at least 4 members (excludes halogenated alkanes) is 1. The number of hydrogen-bond donors (Lipinski definition) is 2. The van der Waals surface area contributed by atoms with Gasteiger partial charge in [0.1, 0.15) is 0 Å². The van der Waals surface area contributed by atoms with Crippen LogP contribution in [-0.2, 0) is 9.59 Å². The van der Waals surface area contributed by atoms with Crippen molar-refractivity contribution >= 4 is 50.0 Å². The second-order valence-electron chi connectivity index (χ2n) is 4.11. The van der Waals surface area contributed by atoms with Gasteiger partial charge in [0.25, 0.3) is 0 Å². The fourth-order valence-corrected chi connectivity index (χ4v) is 2.59. The molecular formula is C13H17AlN2O2S.